The number of hydrogen-bond acceptors (Lipinski definition) is 2. The van der Waals surface area contributed by atoms with E-state index in [-0.39, 0.29) is 0 Å². The zero-order chi connectivity index (χ0) is 16.3. The molecule has 0 saturated heterocycles. The van der Waals surface area contributed by atoms with Crippen molar-refractivity contribution in [2.75, 3.05) is 7.11 Å². The number of aromatic nitrogens is 1. The molecule has 1 aliphatic rings. The number of hydrogen-bond donors (Lipinski definition) is 0. The lowest BCUT2D eigenvalue weighted by Crippen LogP contribution is -2.05. The lowest BCUT2D eigenvalue weighted by molar-refractivity contribution is 0.302. The van der Waals surface area contributed by atoms with E-state index in [1.165, 1.54) is 38.5 Å². The van der Waals surface area contributed by atoms with Gasteiger partial charge in [-0.15, -0.1) is 0 Å². The van der Waals surface area contributed by atoms with Crippen LogP contribution in [0.1, 0.15) is 5.56 Å². The van der Waals surface area contributed by atoms with Gasteiger partial charge in [-0.2, -0.15) is 0 Å². The van der Waals surface area contributed by atoms with Gasteiger partial charge in [-0.05, 0) is 47.5 Å². The molecule has 118 valence electrons. The standard InChI is InChI=1S/C21H17NO2/c1-22-19-8-7-14(23-2)10-18(19)17-9-13-12-24-21-6-4-3-5-15(21)16(13)11-20(17)22/h3-11H,12H2,1-2H3. The Morgan fingerprint density at radius 1 is 0.917 bits per heavy atom. The Bertz CT molecular complexity index is 1110. The van der Waals surface area contributed by atoms with Crippen molar-refractivity contribution in [1.82, 2.24) is 4.57 Å². The fraction of sp³-hybridized carbons (Fsp3) is 0.143. The van der Waals surface area contributed by atoms with Gasteiger partial charge in [0.05, 0.1) is 7.11 Å². The molecule has 4 aromatic rings. The van der Waals surface area contributed by atoms with Crippen LogP contribution in [0, 0.1) is 0 Å². The van der Waals surface area contributed by atoms with E-state index in [4.69, 9.17) is 9.47 Å². The molecule has 3 nitrogen and oxygen atoms in total. The van der Waals surface area contributed by atoms with Crippen molar-refractivity contribution >= 4 is 21.8 Å². The van der Waals surface area contributed by atoms with Crippen LogP contribution in [0.5, 0.6) is 11.5 Å². The lowest BCUT2D eigenvalue weighted by atomic mass is 9.95. The highest BCUT2D eigenvalue weighted by Crippen LogP contribution is 2.41. The van der Waals surface area contributed by atoms with Crippen LogP contribution in [0.2, 0.25) is 0 Å². The van der Waals surface area contributed by atoms with E-state index >= 15 is 0 Å². The first-order chi connectivity index (χ1) is 11.8. The quantitative estimate of drug-likeness (QED) is 0.499. The molecule has 0 saturated carbocycles. The molecule has 0 radical (unpaired) electrons. The number of methoxy groups -OCH3 is 1. The van der Waals surface area contributed by atoms with E-state index in [9.17, 15) is 0 Å². The Morgan fingerprint density at radius 2 is 1.75 bits per heavy atom. The van der Waals surface area contributed by atoms with Crippen molar-refractivity contribution in [1.29, 1.82) is 0 Å². The summed E-state index contributed by atoms with van der Waals surface area (Å²) >= 11 is 0. The van der Waals surface area contributed by atoms with Crippen LogP contribution in [-0.2, 0) is 13.7 Å². The predicted octanol–water partition coefficient (Wildman–Crippen LogP) is 4.90. The topological polar surface area (TPSA) is 23.4 Å². The van der Waals surface area contributed by atoms with Gasteiger partial charge in [0.15, 0.2) is 0 Å². The van der Waals surface area contributed by atoms with Gasteiger partial charge in [-0.25, -0.2) is 0 Å². The highest BCUT2D eigenvalue weighted by molar-refractivity contribution is 6.10. The van der Waals surface area contributed by atoms with Crippen LogP contribution < -0.4 is 9.47 Å². The SMILES string of the molecule is COc1ccc2c(c1)c1cc3c(cc1n2C)-c1ccccc1OC3. The zero-order valence-corrected chi connectivity index (χ0v) is 13.7. The van der Waals surface area contributed by atoms with E-state index in [2.05, 4.69) is 48.0 Å². The third-order valence-corrected chi connectivity index (χ3v) is 5.00. The molecule has 0 unspecified atom stereocenters. The molecule has 0 spiro atoms. The molecule has 0 fully saturated rings. The maximum atomic E-state index is 5.93. The number of aryl methyl sites for hydroxylation is 1. The lowest BCUT2D eigenvalue weighted by Gasteiger charge is -2.21. The Morgan fingerprint density at radius 3 is 2.62 bits per heavy atom. The summed E-state index contributed by atoms with van der Waals surface area (Å²) in [6.45, 7) is 0.614. The Labute approximate surface area is 140 Å². The average Bonchev–Trinajstić information content (AvgIpc) is 2.91. The van der Waals surface area contributed by atoms with Gasteiger partial charge in [0.1, 0.15) is 18.1 Å². The fourth-order valence-electron chi connectivity index (χ4n) is 3.75. The van der Waals surface area contributed by atoms with Gasteiger partial charge in [0, 0.05) is 34.4 Å². The van der Waals surface area contributed by atoms with Gasteiger partial charge in [0.25, 0.3) is 0 Å². The molecule has 0 atom stereocenters. The summed E-state index contributed by atoms with van der Waals surface area (Å²) in [7, 11) is 3.83. The molecule has 3 heteroatoms. The normalized spacial score (nSPS) is 12.8. The summed E-state index contributed by atoms with van der Waals surface area (Å²) in [5.41, 5.74) is 6.11. The number of rotatable bonds is 1. The van der Waals surface area contributed by atoms with E-state index in [1.54, 1.807) is 7.11 Å². The monoisotopic (exact) mass is 315 g/mol. The summed E-state index contributed by atoms with van der Waals surface area (Å²) in [6.07, 6.45) is 0. The van der Waals surface area contributed by atoms with Crippen molar-refractivity contribution in [3.8, 4) is 22.6 Å². The average molecular weight is 315 g/mol. The van der Waals surface area contributed by atoms with Gasteiger partial charge in [-0.3, -0.25) is 0 Å². The second-order valence-corrected chi connectivity index (χ2v) is 6.25. The number of ether oxygens (including phenoxy) is 2. The third kappa shape index (κ3) is 1.72. The summed E-state index contributed by atoms with van der Waals surface area (Å²) in [4.78, 5) is 0. The molecule has 0 bridgehead atoms. The van der Waals surface area contributed by atoms with Crippen LogP contribution in [0.3, 0.4) is 0 Å². The minimum absolute atomic E-state index is 0.614. The minimum atomic E-state index is 0.614. The maximum Gasteiger partial charge on any atom is 0.127 e. The molecule has 1 aromatic heterocycles. The van der Waals surface area contributed by atoms with Crippen LogP contribution >= 0.6 is 0 Å². The van der Waals surface area contributed by atoms with E-state index in [0.717, 1.165) is 11.5 Å². The van der Waals surface area contributed by atoms with Crippen LogP contribution in [0.4, 0.5) is 0 Å². The van der Waals surface area contributed by atoms with Gasteiger partial charge >= 0.3 is 0 Å². The second-order valence-electron chi connectivity index (χ2n) is 6.25. The maximum absolute atomic E-state index is 5.93. The van der Waals surface area contributed by atoms with Crippen molar-refractivity contribution in [3.63, 3.8) is 0 Å². The number of fused-ring (bicyclic) bond motifs is 6. The molecule has 2 heterocycles. The largest absolute Gasteiger partial charge is 0.497 e. The Balaban J connectivity index is 1.87. The van der Waals surface area contributed by atoms with Crippen LogP contribution in [-0.4, -0.2) is 11.7 Å². The number of nitrogens with zero attached hydrogens (tertiary/aromatic N) is 1. The molecule has 0 amide bonds. The first-order valence-electron chi connectivity index (χ1n) is 8.07. The predicted molar refractivity (Wildman–Crippen MR) is 96.7 cm³/mol. The molecule has 24 heavy (non-hydrogen) atoms. The summed E-state index contributed by atoms with van der Waals surface area (Å²) in [5.74, 6) is 1.85. The molecule has 0 aliphatic carbocycles. The van der Waals surface area contributed by atoms with Crippen molar-refractivity contribution in [3.05, 3.63) is 60.2 Å². The van der Waals surface area contributed by atoms with Crippen molar-refractivity contribution < 1.29 is 9.47 Å². The Kier molecular flexibility index (Phi) is 2.69. The molecule has 5 rings (SSSR count). The summed E-state index contributed by atoms with van der Waals surface area (Å²) in [5, 5.41) is 2.46. The van der Waals surface area contributed by atoms with E-state index in [1.807, 2.05) is 18.2 Å². The molecular formula is C21H17NO2. The van der Waals surface area contributed by atoms with Gasteiger partial charge in [-0.1, -0.05) is 18.2 Å². The smallest absolute Gasteiger partial charge is 0.127 e. The molecular weight excluding hydrogens is 298 g/mol. The number of para-hydroxylation sites is 1. The summed E-state index contributed by atoms with van der Waals surface area (Å²) < 4.78 is 13.6. The van der Waals surface area contributed by atoms with Crippen LogP contribution in [0.25, 0.3) is 32.9 Å². The molecule has 0 N–H and O–H groups in total. The first-order valence-corrected chi connectivity index (χ1v) is 8.07. The van der Waals surface area contributed by atoms with Crippen molar-refractivity contribution in [2.24, 2.45) is 7.05 Å². The fourth-order valence-corrected chi connectivity index (χ4v) is 3.75. The second kappa shape index (κ2) is 4.78. The summed E-state index contributed by atoms with van der Waals surface area (Å²) in [6, 6.07) is 19.1. The van der Waals surface area contributed by atoms with Crippen LogP contribution in [0.15, 0.2) is 54.6 Å². The first kappa shape index (κ1) is 13.5. The van der Waals surface area contributed by atoms with E-state index in [0.29, 0.717) is 6.61 Å². The van der Waals surface area contributed by atoms with Crippen molar-refractivity contribution in [2.45, 2.75) is 6.61 Å². The number of benzene rings is 3. The minimum Gasteiger partial charge on any atom is -0.497 e. The zero-order valence-electron chi connectivity index (χ0n) is 13.7. The highest BCUT2D eigenvalue weighted by Gasteiger charge is 2.20. The molecule has 3 aromatic carbocycles. The highest BCUT2D eigenvalue weighted by atomic mass is 16.5. The Hall–Kier alpha value is -2.94. The van der Waals surface area contributed by atoms with Gasteiger partial charge < -0.3 is 14.0 Å². The third-order valence-electron chi connectivity index (χ3n) is 5.00. The van der Waals surface area contributed by atoms with E-state index < -0.39 is 0 Å². The van der Waals surface area contributed by atoms with Gasteiger partial charge in [0.2, 0.25) is 0 Å². The molecule has 1 aliphatic heterocycles.